The Kier molecular flexibility index (Phi) is 5.18. The number of aryl methyl sites for hydroxylation is 2. The molecule has 1 atom stereocenters. The zero-order valence-electron chi connectivity index (χ0n) is 18.8. The minimum absolute atomic E-state index is 0.00689. The van der Waals surface area contributed by atoms with Crippen LogP contribution in [0.15, 0.2) is 41.6 Å². The standard InChI is InChI=1S/C23H20F3N7O2/c1-12-5-7-13(8-6-12)22(2)16-18(32-21(22)35)30-17(31-20(16)34)15-10-33-19(27-11-28-33)14(29-15)4-3-9-23(24,25)26/h5-8,10-11H,3-4,9H2,1-2H3,(H2,30,31,32,34,35)/t22-/m0/s1. The van der Waals surface area contributed by atoms with Crippen LogP contribution in [0.2, 0.25) is 0 Å². The first-order valence-electron chi connectivity index (χ1n) is 10.9. The number of alkyl halides is 3. The van der Waals surface area contributed by atoms with Crippen LogP contribution in [-0.4, -0.2) is 41.6 Å². The first kappa shape index (κ1) is 22.7. The summed E-state index contributed by atoms with van der Waals surface area (Å²) < 4.78 is 39.2. The molecule has 2 N–H and O–H groups in total. The number of benzene rings is 1. The zero-order chi connectivity index (χ0) is 25.0. The Labute approximate surface area is 196 Å². The third-order valence-electron chi connectivity index (χ3n) is 6.18. The van der Waals surface area contributed by atoms with Crippen LogP contribution in [0.1, 0.15) is 42.1 Å². The Balaban J connectivity index is 1.57. The topological polar surface area (TPSA) is 118 Å². The molecule has 0 radical (unpaired) electrons. The molecule has 0 fully saturated rings. The van der Waals surface area contributed by atoms with E-state index in [0.29, 0.717) is 16.9 Å². The van der Waals surface area contributed by atoms with Crippen LogP contribution in [0, 0.1) is 6.92 Å². The summed E-state index contributed by atoms with van der Waals surface area (Å²) in [5.41, 5.74) is 0.873. The van der Waals surface area contributed by atoms with Gasteiger partial charge in [0.05, 0.1) is 17.5 Å². The number of carbonyl (C=O) groups is 1. The van der Waals surface area contributed by atoms with Gasteiger partial charge in [-0.2, -0.15) is 18.3 Å². The average molecular weight is 483 g/mol. The van der Waals surface area contributed by atoms with E-state index < -0.39 is 23.6 Å². The van der Waals surface area contributed by atoms with Crippen LogP contribution < -0.4 is 10.9 Å². The largest absolute Gasteiger partial charge is 0.389 e. The maximum absolute atomic E-state index is 13.2. The number of nitrogens with zero attached hydrogens (tertiary/aromatic N) is 5. The summed E-state index contributed by atoms with van der Waals surface area (Å²) in [6, 6.07) is 7.31. The number of rotatable bonds is 5. The molecular formula is C23H20F3N7O2. The zero-order valence-corrected chi connectivity index (χ0v) is 18.8. The van der Waals surface area contributed by atoms with Gasteiger partial charge in [-0.15, -0.1) is 0 Å². The van der Waals surface area contributed by atoms with Crippen LogP contribution in [-0.2, 0) is 16.6 Å². The molecule has 1 aliphatic rings. The lowest BCUT2D eigenvalue weighted by molar-refractivity contribution is -0.135. The fourth-order valence-electron chi connectivity index (χ4n) is 4.29. The van der Waals surface area contributed by atoms with Crippen molar-refractivity contribution in [1.29, 1.82) is 0 Å². The smallest absolute Gasteiger partial charge is 0.309 e. The molecule has 180 valence electrons. The Bertz CT molecular complexity index is 1510. The van der Waals surface area contributed by atoms with E-state index in [9.17, 15) is 22.8 Å². The fraction of sp³-hybridized carbons (Fsp3) is 0.304. The van der Waals surface area contributed by atoms with E-state index in [4.69, 9.17) is 0 Å². The number of aromatic amines is 1. The van der Waals surface area contributed by atoms with Crippen LogP contribution in [0.25, 0.3) is 17.2 Å². The van der Waals surface area contributed by atoms with Crippen molar-refractivity contribution in [2.75, 3.05) is 5.32 Å². The first-order valence-corrected chi connectivity index (χ1v) is 10.9. The number of amides is 1. The molecule has 0 saturated heterocycles. The summed E-state index contributed by atoms with van der Waals surface area (Å²) in [6.07, 6.45) is -2.68. The number of fused-ring (bicyclic) bond motifs is 2. The van der Waals surface area contributed by atoms with Crippen molar-refractivity contribution in [3.63, 3.8) is 0 Å². The van der Waals surface area contributed by atoms with E-state index in [0.717, 1.165) is 5.56 Å². The normalized spacial score (nSPS) is 17.6. The first-order chi connectivity index (χ1) is 16.6. The molecule has 5 rings (SSSR count). The quantitative estimate of drug-likeness (QED) is 0.450. The number of H-pyrrole nitrogens is 1. The predicted octanol–water partition coefficient (Wildman–Crippen LogP) is 3.33. The highest BCUT2D eigenvalue weighted by Crippen LogP contribution is 2.40. The molecular weight excluding hydrogens is 463 g/mol. The lowest BCUT2D eigenvalue weighted by Crippen LogP contribution is -2.36. The second kappa shape index (κ2) is 8.00. The van der Waals surface area contributed by atoms with E-state index in [1.807, 2.05) is 19.1 Å². The highest BCUT2D eigenvalue weighted by Gasteiger charge is 2.47. The second-order valence-electron chi connectivity index (χ2n) is 8.65. The van der Waals surface area contributed by atoms with Crippen molar-refractivity contribution in [2.24, 2.45) is 0 Å². The van der Waals surface area contributed by atoms with Crippen molar-refractivity contribution in [1.82, 2.24) is 29.5 Å². The number of carbonyl (C=O) groups excluding carboxylic acids is 1. The summed E-state index contributed by atoms with van der Waals surface area (Å²) in [5, 5.41) is 6.75. The molecule has 0 saturated carbocycles. The van der Waals surface area contributed by atoms with Crippen LogP contribution in [0.5, 0.6) is 0 Å². The Morgan fingerprint density at radius 1 is 1.11 bits per heavy atom. The van der Waals surface area contributed by atoms with E-state index in [1.165, 1.54) is 17.0 Å². The van der Waals surface area contributed by atoms with Crippen molar-refractivity contribution in [2.45, 2.75) is 44.7 Å². The van der Waals surface area contributed by atoms with Crippen molar-refractivity contribution >= 4 is 17.4 Å². The molecule has 0 aliphatic carbocycles. The third-order valence-corrected chi connectivity index (χ3v) is 6.18. The summed E-state index contributed by atoms with van der Waals surface area (Å²) in [6.45, 7) is 3.58. The van der Waals surface area contributed by atoms with E-state index >= 15 is 0 Å². The van der Waals surface area contributed by atoms with Gasteiger partial charge < -0.3 is 10.3 Å². The van der Waals surface area contributed by atoms with Gasteiger partial charge >= 0.3 is 6.18 Å². The van der Waals surface area contributed by atoms with Gasteiger partial charge in [0.15, 0.2) is 11.5 Å². The second-order valence-corrected chi connectivity index (χ2v) is 8.65. The number of hydrogen-bond donors (Lipinski definition) is 2. The maximum atomic E-state index is 13.2. The summed E-state index contributed by atoms with van der Waals surface area (Å²) in [4.78, 5) is 41.8. The van der Waals surface area contributed by atoms with Gasteiger partial charge in [-0.3, -0.25) is 9.59 Å². The summed E-state index contributed by atoms with van der Waals surface area (Å²) >= 11 is 0. The Morgan fingerprint density at radius 3 is 2.57 bits per heavy atom. The van der Waals surface area contributed by atoms with E-state index in [1.54, 1.807) is 19.1 Å². The molecule has 0 unspecified atom stereocenters. The van der Waals surface area contributed by atoms with Crippen molar-refractivity contribution in [3.05, 3.63) is 69.5 Å². The van der Waals surface area contributed by atoms with E-state index in [-0.39, 0.29) is 41.6 Å². The highest BCUT2D eigenvalue weighted by molar-refractivity contribution is 6.07. The van der Waals surface area contributed by atoms with Gasteiger partial charge in [0.1, 0.15) is 23.3 Å². The van der Waals surface area contributed by atoms with Gasteiger partial charge in [-0.25, -0.2) is 19.5 Å². The molecule has 0 spiro atoms. The lowest BCUT2D eigenvalue weighted by Gasteiger charge is -2.21. The SMILES string of the molecule is Cc1ccc([C@]2(C)C(=O)Nc3nc(-c4cn5ncnc5c(CCCC(F)(F)F)n4)[nH]c(=O)c32)cc1. The monoisotopic (exact) mass is 483 g/mol. The minimum atomic E-state index is -4.28. The molecule has 3 aromatic heterocycles. The number of anilines is 1. The number of aromatic nitrogens is 6. The molecule has 12 heteroatoms. The summed E-state index contributed by atoms with van der Waals surface area (Å²) in [7, 11) is 0. The Hall–Kier alpha value is -4.09. The summed E-state index contributed by atoms with van der Waals surface area (Å²) in [5.74, 6) is -0.230. The predicted molar refractivity (Wildman–Crippen MR) is 120 cm³/mol. The molecule has 1 amide bonds. The highest BCUT2D eigenvalue weighted by atomic mass is 19.4. The lowest BCUT2D eigenvalue weighted by atomic mass is 9.78. The minimum Gasteiger partial charge on any atom is -0.309 e. The molecule has 1 aromatic carbocycles. The molecule has 0 bridgehead atoms. The van der Waals surface area contributed by atoms with Crippen LogP contribution in [0.4, 0.5) is 19.0 Å². The van der Waals surface area contributed by atoms with Gasteiger partial charge in [-0.1, -0.05) is 29.8 Å². The molecule has 1 aliphatic heterocycles. The van der Waals surface area contributed by atoms with Crippen molar-refractivity contribution < 1.29 is 18.0 Å². The van der Waals surface area contributed by atoms with Gasteiger partial charge in [0.25, 0.3) is 5.56 Å². The van der Waals surface area contributed by atoms with Crippen LogP contribution in [0.3, 0.4) is 0 Å². The fourth-order valence-corrected chi connectivity index (χ4v) is 4.29. The molecule has 35 heavy (non-hydrogen) atoms. The van der Waals surface area contributed by atoms with Gasteiger partial charge in [0.2, 0.25) is 5.91 Å². The molecule has 4 aromatic rings. The molecule has 9 nitrogen and oxygen atoms in total. The number of nitrogens with one attached hydrogen (secondary N) is 2. The maximum Gasteiger partial charge on any atom is 0.389 e. The van der Waals surface area contributed by atoms with Gasteiger partial charge in [0, 0.05) is 6.42 Å². The van der Waals surface area contributed by atoms with Gasteiger partial charge in [-0.05, 0) is 32.3 Å². The number of hydrogen-bond acceptors (Lipinski definition) is 6. The van der Waals surface area contributed by atoms with E-state index in [2.05, 4.69) is 30.4 Å². The third kappa shape index (κ3) is 3.94. The van der Waals surface area contributed by atoms with Crippen LogP contribution >= 0.6 is 0 Å². The molecule has 4 heterocycles. The van der Waals surface area contributed by atoms with Crippen molar-refractivity contribution in [3.8, 4) is 11.5 Å². The Morgan fingerprint density at radius 2 is 1.86 bits per heavy atom. The average Bonchev–Trinajstić information content (AvgIpc) is 3.36. The number of halogens is 3.